The van der Waals surface area contributed by atoms with Crippen molar-refractivity contribution in [1.82, 2.24) is 10.2 Å². The molecule has 2 aromatic rings. The Morgan fingerprint density at radius 2 is 1.81 bits per heavy atom. The number of benzene rings is 2. The van der Waals surface area contributed by atoms with Gasteiger partial charge in [0.15, 0.2) is 6.10 Å². The second-order valence-corrected chi connectivity index (χ2v) is 10.1. The molecule has 1 N–H and O–H groups in total. The number of sulfonamides is 1. The maximum absolute atomic E-state index is 12.8. The molecule has 1 fully saturated rings. The number of hydrogen-bond donors (Lipinski definition) is 1. The van der Waals surface area contributed by atoms with Crippen LogP contribution in [0.1, 0.15) is 30.4 Å². The Balaban J connectivity index is 1.39. The van der Waals surface area contributed by atoms with E-state index in [-0.39, 0.29) is 12.5 Å². The molecule has 0 aliphatic carbocycles. The highest BCUT2D eigenvalue weighted by atomic mass is 32.2. The van der Waals surface area contributed by atoms with Crippen LogP contribution in [-0.4, -0.2) is 51.2 Å². The number of piperidine rings is 1. The third kappa shape index (κ3) is 5.37. The zero-order chi connectivity index (χ0) is 21.8. The monoisotopic (exact) mass is 443 g/mol. The molecule has 4 rings (SSSR count). The Morgan fingerprint density at radius 3 is 2.58 bits per heavy atom. The molecule has 7 nitrogen and oxygen atoms in total. The second-order valence-electron chi connectivity index (χ2n) is 8.24. The Morgan fingerprint density at radius 1 is 1.06 bits per heavy atom. The van der Waals surface area contributed by atoms with E-state index in [0.29, 0.717) is 18.0 Å². The van der Waals surface area contributed by atoms with Crippen molar-refractivity contribution in [2.24, 2.45) is 0 Å². The minimum absolute atomic E-state index is 0.0450. The van der Waals surface area contributed by atoms with Gasteiger partial charge < -0.3 is 10.1 Å². The molecule has 1 saturated heterocycles. The number of para-hydroxylation sites is 2. The molecular formula is C23H29N3O4S. The number of carbonyl (C=O) groups excluding carboxylic acids is 1. The SMILES string of the molecule is CS(=O)(=O)N1CC(C(=O)NCc2cccc(CN3CCCCC3)c2)Oc2ccccc21. The molecule has 8 heteroatoms. The van der Waals surface area contributed by atoms with Crippen LogP contribution in [0.4, 0.5) is 5.69 Å². The van der Waals surface area contributed by atoms with Gasteiger partial charge in [0.25, 0.3) is 5.91 Å². The van der Waals surface area contributed by atoms with E-state index in [0.717, 1.165) is 31.5 Å². The van der Waals surface area contributed by atoms with Gasteiger partial charge in [-0.1, -0.05) is 42.8 Å². The number of anilines is 1. The maximum Gasteiger partial charge on any atom is 0.263 e. The number of ether oxygens (including phenoxy) is 1. The first-order valence-corrected chi connectivity index (χ1v) is 12.6. The van der Waals surface area contributed by atoms with Crippen LogP contribution in [0.3, 0.4) is 0 Å². The fourth-order valence-corrected chi connectivity index (χ4v) is 5.08. The van der Waals surface area contributed by atoms with Crippen molar-refractivity contribution in [3.05, 3.63) is 59.7 Å². The standard InChI is InChI=1S/C23H29N3O4S/c1-31(28,29)26-17-22(30-21-11-4-3-10-20(21)26)23(27)24-15-18-8-7-9-19(14-18)16-25-12-5-2-6-13-25/h3-4,7-11,14,22H,2,5-6,12-13,15-17H2,1H3,(H,24,27). The molecule has 1 atom stereocenters. The van der Waals surface area contributed by atoms with Crippen molar-refractivity contribution in [2.75, 3.05) is 30.2 Å². The predicted molar refractivity (Wildman–Crippen MR) is 120 cm³/mol. The summed E-state index contributed by atoms with van der Waals surface area (Å²) in [7, 11) is -3.52. The lowest BCUT2D eigenvalue weighted by molar-refractivity contribution is -0.127. The van der Waals surface area contributed by atoms with Gasteiger partial charge in [0.2, 0.25) is 10.0 Å². The molecule has 2 aliphatic rings. The average molecular weight is 444 g/mol. The smallest absolute Gasteiger partial charge is 0.263 e. The number of rotatable bonds is 6. The van der Waals surface area contributed by atoms with E-state index in [9.17, 15) is 13.2 Å². The maximum atomic E-state index is 12.8. The van der Waals surface area contributed by atoms with Gasteiger partial charge in [-0.05, 0) is 49.2 Å². The molecule has 0 saturated carbocycles. The van der Waals surface area contributed by atoms with E-state index in [1.807, 2.05) is 12.1 Å². The highest BCUT2D eigenvalue weighted by Gasteiger charge is 2.34. The minimum atomic E-state index is -3.52. The summed E-state index contributed by atoms with van der Waals surface area (Å²) < 4.78 is 31.5. The predicted octanol–water partition coefficient (Wildman–Crippen LogP) is 2.52. The number of likely N-dealkylation sites (tertiary alicyclic amines) is 1. The quantitative estimate of drug-likeness (QED) is 0.742. The molecule has 0 radical (unpaired) electrons. The fraction of sp³-hybridized carbons (Fsp3) is 0.435. The third-order valence-corrected chi connectivity index (χ3v) is 6.89. The number of nitrogens with one attached hydrogen (secondary N) is 1. The highest BCUT2D eigenvalue weighted by Crippen LogP contribution is 2.34. The molecule has 2 aromatic carbocycles. The molecule has 2 heterocycles. The van der Waals surface area contributed by atoms with E-state index in [1.165, 1.54) is 29.1 Å². The molecular weight excluding hydrogens is 414 g/mol. The summed E-state index contributed by atoms with van der Waals surface area (Å²) in [5.41, 5.74) is 2.71. The van der Waals surface area contributed by atoms with Crippen LogP contribution in [0.15, 0.2) is 48.5 Å². The minimum Gasteiger partial charge on any atom is -0.476 e. The van der Waals surface area contributed by atoms with Crippen molar-refractivity contribution in [3.63, 3.8) is 0 Å². The van der Waals surface area contributed by atoms with E-state index < -0.39 is 16.1 Å². The number of nitrogens with zero attached hydrogens (tertiary/aromatic N) is 2. The summed E-state index contributed by atoms with van der Waals surface area (Å²) in [6.45, 7) is 3.52. The highest BCUT2D eigenvalue weighted by molar-refractivity contribution is 7.92. The molecule has 0 bridgehead atoms. The third-order valence-electron chi connectivity index (χ3n) is 5.74. The van der Waals surface area contributed by atoms with Crippen LogP contribution in [0.25, 0.3) is 0 Å². The number of hydrogen-bond acceptors (Lipinski definition) is 5. The van der Waals surface area contributed by atoms with Gasteiger partial charge in [0.05, 0.1) is 18.5 Å². The van der Waals surface area contributed by atoms with Crippen LogP contribution in [0.5, 0.6) is 5.75 Å². The first-order valence-electron chi connectivity index (χ1n) is 10.7. The van der Waals surface area contributed by atoms with Crippen molar-refractivity contribution in [3.8, 4) is 5.75 Å². The van der Waals surface area contributed by atoms with Crippen LogP contribution in [0, 0.1) is 0 Å². The largest absolute Gasteiger partial charge is 0.476 e. The van der Waals surface area contributed by atoms with E-state index >= 15 is 0 Å². The van der Waals surface area contributed by atoms with Gasteiger partial charge in [-0.2, -0.15) is 0 Å². The molecule has 166 valence electrons. The summed E-state index contributed by atoms with van der Waals surface area (Å²) in [6, 6.07) is 15.1. The van der Waals surface area contributed by atoms with Gasteiger partial charge >= 0.3 is 0 Å². The normalized spacial score (nSPS) is 19.4. The molecule has 2 aliphatic heterocycles. The van der Waals surface area contributed by atoms with Gasteiger partial charge in [-0.3, -0.25) is 14.0 Å². The van der Waals surface area contributed by atoms with Crippen molar-refractivity contribution in [2.45, 2.75) is 38.5 Å². The number of fused-ring (bicyclic) bond motifs is 1. The Hall–Kier alpha value is -2.58. The van der Waals surface area contributed by atoms with E-state index in [1.54, 1.807) is 24.3 Å². The number of amides is 1. The summed E-state index contributed by atoms with van der Waals surface area (Å²) in [4.78, 5) is 15.3. The summed E-state index contributed by atoms with van der Waals surface area (Å²) in [5.74, 6) is 0.0624. The zero-order valence-corrected chi connectivity index (χ0v) is 18.6. The molecule has 0 spiro atoms. The van der Waals surface area contributed by atoms with Crippen LogP contribution < -0.4 is 14.4 Å². The van der Waals surface area contributed by atoms with Crippen molar-refractivity contribution < 1.29 is 17.9 Å². The zero-order valence-electron chi connectivity index (χ0n) is 17.8. The van der Waals surface area contributed by atoms with Crippen molar-refractivity contribution >= 4 is 21.6 Å². The Kier molecular flexibility index (Phi) is 6.48. The van der Waals surface area contributed by atoms with Crippen molar-refractivity contribution in [1.29, 1.82) is 0 Å². The molecule has 31 heavy (non-hydrogen) atoms. The van der Waals surface area contributed by atoms with E-state index in [4.69, 9.17) is 4.74 Å². The second kappa shape index (κ2) is 9.28. The molecule has 1 unspecified atom stereocenters. The first-order chi connectivity index (χ1) is 14.9. The molecule has 0 aromatic heterocycles. The lowest BCUT2D eigenvalue weighted by Crippen LogP contribution is -2.50. The van der Waals surface area contributed by atoms with Gasteiger partial charge in [0.1, 0.15) is 5.75 Å². The lowest BCUT2D eigenvalue weighted by atomic mass is 10.1. The summed E-state index contributed by atoms with van der Waals surface area (Å²) in [6.07, 6.45) is 4.06. The van der Waals surface area contributed by atoms with Gasteiger partial charge in [0, 0.05) is 13.1 Å². The average Bonchev–Trinajstić information content (AvgIpc) is 2.77. The van der Waals surface area contributed by atoms with Gasteiger partial charge in [-0.15, -0.1) is 0 Å². The fourth-order valence-electron chi connectivity index (χ4n) is 4.17. The van der Waals surface area contributed by atoms with Crippen LogP contribution in [-0.2, 0) is 27.9 Å². The Labute approximate surface area is 184 Å². The summed E-state index contributed by atoms with van der Waals surface area (Å²) >= 11 is 0. The van der Waals surface area contributed by atoms with Gasteiger partial charge in [-0.25, -0.2) is 8.42 Å². The van der Waals surface area contributed by atoms with Crippen LogP contribution >= 0.6 is 0 Å². The topological polar surface area (TPSA) is 79.0 Å². The Bertz CT molecular complexity index is 1030. The van der Waals surface area contributed by atoms with Crippen LogP contribution in [0.2, 0.25) is 0 Å². The summed E-state index contributed by atoms with van der Waals surface area (Å²) in [5, 5.41) is 2.90. The van der Waals surface area contributed by atoms with E-state index in [2.05, 4.69) is 22.3 Å². The molecule has 1 amide bonds. The lowest BCUT2D eigenvalue weighted by Gasteiger charge is -2.33. The number of carbonyl (C=O) groups is 1. The first kappa shape index (κ1) is 21.6.